The molecular weight excluding hydrogens is 200 g/mol. The van der Waals surface area contributed by atoms with Crippen molar-refractivity contribution in [3.63, 3.8) is 0 Å². The van der Waals surface area contributed by atoms with Gasteiger partial charge in [0.05, 0.1) is 33.4 Å². The van der Waals surface area contributed by atoms with Crippen LogP contribution < -0.4 is 5.32 Å². The van der Waals surface area contributed by atoms with Crippen LogP contribution in [0.5, 0.6) is 0 Å². The van der Waals surface area contributed by atoms with Crippen molar-refractivity contribution in [1.82, 2.24) is 10.2 Å². The SMILES string of the molecule is COC(=O)CNCC(=O)N1CCOCC1. The Labute approximate surface area is 88.5 Å². The van der Waals surface area contributed by atoms with Gasteiger partial charge in [-0.15, -0.1) is 0 Å². The van der Waals surface area contributed by atoms with Crippen molar-refractivity contribution in [3.8, 4) is 0 Å². The number of morpholine rings is 1. The average molecular weight is 216 g/mol. The second-order valence-electron chi connectivity index (χ2n) is 3.17. The van der Waals surface area contributed by atoms with E-state index in [1.165, 1.54) is 7.11 Å². The first-order chi connectivity index (χ1) is 7.24. The van der Waals surface area contributed by atoms with Gasteiger partial charge in [0.2, 0.25) is 5.91 Å². The number of carbonyl (C=O) groups excluding carboxylic acids is 2. The number of ether oxygens (including phenoxy) is 2. The molecule has 86 valence electrons. The molecule has 0 atom stereocenters. The Morgan fingerprint density at radius 2 is 2.00 bits per heavy atom. The lowest BCUT2D eigenvalue weighted by Crippen LogP contribution is -2.45. The molecule has 0 aromatic rings. The first kappa shape index (κ1) is 11.9. The second kappa shape index (κ2) is 6.36. The number of amides is 1. The monoisotopic (exact) mass is 216 g/mol. The molecule has 0 aliphatic carbocycles. The standard InChI is InChI=1S/C9H16N2O4/c1-14-9(13)7-10-6-8(12)11-2-4-15-5-3-11/h10H,2-7H2,1H3. The minimum Gasteiger partial charge on any atom is -0.468 e. The molecule has 0 saturated carbocycles. The topological polar surface area (TPSA) is 67.9 Å². The number of hydrogen-bond acceptors (Lipinski definition) is 5. The van der Waals surface area contributed by atoms with Gasteiger partial charge in [-0.1, -0.05) is 0 Å². The summed E-state index contributed by atoms with van der Waals surface area (Å²) >= 11 is 0. The zero-order valence-electron chi connectivity index (χ0n) is 8.82. The van der Waals surface area contributed by atoms with Gasteiger partial charge in [-0.05, 0) is 0 Å². The molecule has 6 nitrogen and oxygen atoms in total. The van der Waals surface area contributed by atoms with Crippen molar-refractivity contribution in [1.29, 1.82) is 0 Å². The molecule has 0 aromatic carbocycles. The number of nitrogens with one attached hydrogen (secondary N) is 1. The van der Waals surface area contributed by atoms with Crippen LogP contribution in [-0.2, 0) is 19.1 Å². The molecule has 1 saturated heterocycles. The van der Waals surface area contributed by atoms with Gasteiger partial charge in [0.25, 0.3) is 0 Å². The van der Waals surface area contributed by atoms with E-state index < -0.39 is 0 Å². The summed E-state index contributed by atoms with van der Waals surface area (Å²) in [6, 6.07) is 0. The molecule has 1 heterocycles. The molecule has 6 heteroatoms. The van der Waals surface area contributed by atoms with Crippen LogP contribution in [0, 0.1) is 0 Å². The van der Waals surface area contributed by atoms with Gasteiger partial charge in [-0.2, -0.15) is 0 Å². The fourth-order valence-corrected chi connectivity index (χ4v) is 1.27. The summed E-state index contributed by atoms with van der Waals surface area (Å²) in [6.45, 7) is 2.64. The molecule has 1 rings (SSSR count). The summed E-state index contributed by atoms with van der Waals surface area (Å²) in [6.07, 6.45) is 0. The Morgan fingerprint density at radius 1 is 1.33 bits per heavy atom. The Hall–Kier alpha value is -1.14. The predicted octanol–water partition coefficient (Wildman–Crippen LogP) is -1.39. The highest BCUT2D eigenvalue weighted by Gasteiger charge is 2.16. The third kappa shape index (κ3) is 4.26. The van der Waals surface area contributed by atoms with Gasteiger partial charge in [-0.3, -0.25) is 14.9 Å². The van der Waals surface area contributed by atoms with E-state index in [1.54, 1.807) is 4.90 Å². The Morgan fingerprint density at radius 3 is 2.60 bits per heavy atom. The van der Waals surface area contributed by atoms with Crippen LogP contribution in [-0.4, -0.2) is 63.3 Å². The van der Waals surface area contributed by atoms with E-state index in [0.29, 0.717) is 26.3 Å². The number of rotatable bonds is 4. The van der Waals surface area contributed by atoms with Crippen molar-refractivity contribution in [2.45, 2.75) is 0 Å². The number of carbonyl (C=O) groups is 2. The van der Waals surface area contributed by atoms with E-state index in [9.17, 15) is 9.59 Å². The molecular formula is C9H16N2O4. The molecule has 1 aliphatic rings. The molecule has 0 spiro atoms. The van der Waals surface area contributed by atoms with Gasteiger partial charge in [0.1, 0.15) is 0 Å². The molecule has 0 bridgehead atoms. The fourth-order valence-electron chi connectivity index (χ4n) is 1.27. The molecule has 0 unspecified atom stereocenters. The minimum absolute atomic E-state index is 0.0118. The molecule has 1 fully saturated rings. The molecule has 1 aliphatic heterocycles. The first-order valence-corrected chi connectivity index (χ1v) is 4.87. The Balaban J connectivity index is 2.14. The summed E-state index contributed by atoms with van der Waals surface area (Å²) < 4.78 is 9.55. The van der Waals surface area contributed by atoms with Crippen molar-refractivity contribution in [2.75, 3.05) is 46.5 Å². The van der Waals surface area contributed by atoms with E-state index >= 15 is 0 Å². The second-order valence-corrected chi connectivity index (χ2v) is 3.17. The molecule has 1 N–H and O–H groups in total. The summed E-state index contributed by atoms with van der Waals surface area (Å²) in [7, 11) is 1.31. The van der Waals surface area contributed by atoms with Gasteiger partial charge in [0, 0.05) is 13.1 Å². The number of nitrogens with zero attached hydrogens (tertiary/aromatic N) is 1. The smallest absolute Gasteiger partial charge is 0.319 e. The van der Waals surface area contributed by atoms with Crippen LogP contribution in [0.15, 0.2) is 0 Å². The maximum Gasteiger partial charge on any atom is 0.319 e. The Kier molecular flexibility index (Phi) is 5.06. The average Bonchev–Trinajstić information content (AvgIpc) is 2.29. The maximum absolute atomic E-state index is 11.5. The fraction of sp³-hybridized carbons (Fsp3) is 0.778. The third-order valence-electron chi connectivity index (χ3n) is 2.14. The number of esters is 1. The van der Waals surface area contributed by atoms with Crippen LogP contribution in [0.2, 0.25) is 0 Å². The largest absolute Gasteiger partial charge is 0.468 e. The van der Waals surface area contributed by atoms with Crippen LogP contribution in [0.3, 0.4) is 0 Å². The highest BCUT2D eigenvalue weighted by molar-refractivity contribution is 5.79. The summed E-state index contributed by atoms with van der Waals surface area (Å²) in [5.74, 6) is -0.382. The Bertz CT molecular complexity index is 226. The first-order valence-electron chi connectivity index (χ1n) is 4.87. The summed E-state index contributed by atoms with van der Waals surface area (Å²) in [4.78, 5) is 24.0. The van der Waals surface area contributed by atoms with Crippen molar-refractivity contribution in [3.05, 3.63) is 0 Å². The van der Waals surface area contributed by atoms with Crippen molar-refractivity contribution < 1.29 is 19.1 Å². The van der Waals surface area contributed by atoms with E-state index in [4.69, 9.17) is 4.74 Å². The lowest BCUT2D eigenvalue weighted by atomic mass is 10.4. The molecule has 1 amide bonds. The van der Waals surface area contributed by atoms with Crippen molar-refractivity contribution in [2.24, 2.45) is 0 Å². The highest BCUT2D eigenvalue weighted by Crippen LogP contribution is 1.96. The van der Waals surface area contributed by atoms with Gasteiger partial charge < -0.3 is 14.4 Å². The zero-order valence-corrected chi connectivity index (χ0v) is 8.82. The van der Waals surface area contributed by atoms with Crippen molar-refractivity contribution >= 4 is 11.9 Å². The van der Waals surface area contributed by atoms with Crippen LogP contribution in [0.25, 0.3) is 0 Å². The van der Waals surface area contributed by atoms with E-state index in [2.05, 4.69) is 10.1 Å². The highest BCUT2D eigenvalue weighted by atomic mass is 16.5. The van der Waals surface area contributed by atoms with Gasteiger partial charge in [0.15, 0.2) is 0 Å². The minimum atomic E-state index is -0.371. The number of methoxy groups -OCH3 is 1. The predicted molar refractivity (Wildman–Crippen MR) is 52.3 cm³/mol. The molecule has 0 radical (unpaired) electrons. The zero-order chi connectivity index (χ0) is 11.1. The quantitative estimate of drug-likeness (QED) is 0.586. The number of hydrogen-bond donors (Lipinski definition) is 1. The molecule has 0 aromatic heterocycles. The maximum atomic E-state index is 11.5. The van der Waals surface area contributed by atoms with E-state index in [-0.39, 0.29) is 25.0 Å². The van der Waals surface area contributed by atoms with Crippen LogP contribution in [0.1, 0.15) is 0 Å². The lowest BCUT2D eigenvalue weighted by Gasteiger charge is -2.26. The third-order valence-corrected chi connectivity index (χ3v) is 2.14. The van der Waals surface area contributed by atoms with Crippen LogP contribution >= 0.6 is 0 Å². The summed E-state index contributed by atoms with van der Waals surface area (Å²) in [5, 5.41) is 2.73. The summed E-state index contributed by atoms with van der Waals surface area (Å²) in [5.41, 5.74) is 0. The lowest BCUT2D eigenvalue weighted by molar-refractivity contribution is -0.139. The van der Waals surface area contributed by atoms with Gasteiger partial charge >= 0.3 is 5.97 Å². The van der Waals surface area contributed by atoms with Gasteiger partial charge in [-0.25, -0.2) is 0 Å². The van der Waals surface area contributed by atoms with E-state index in [0.717, 1.165) is 0 Å². The van der Waals surface area contributed by atoms with Crippen LogP contribution in [0.4, 0.5) is 0 Å². The van der Waals surface area contributed by atoms with E-state index in [1.807, 2.05) is 0 Å². The molecule has 15 heavy (non-hydrogen) atoms. The normalized spacial score (nSPS) is 16.2.